The molecule has 0 bridgehead atoms. The number of aromatic amines is 1. The van der Waals surface area contributed by atoms with Crippen molar-refractivity contribution >= 4 is 34.9 Å². The van der Waals surface area contributed by atoms with Crippen molar-refractivity contribution in [2.24, 2.45) is 5.92 Å². The highest BCUT2D eigenvalue weighted by Crippen LogP contribution is 2.40. The number of H-pyrrole nitrogens is 1. The molecule has 0 amide bonds. The van der Waals surface area contributed by atoms with Gasteiger partial charge in [0, 0.05) is 18.3 Å². The van der Waals surface area contributed by atoms with Crippen LogP contribution in [0, 0.1) is 5.92 Å². The molecule has 11 nitrogen and oxygen atoms in total. The minimum atomic E-state index is -1.65. The van der Waals surface area contributed by atoms with Crippen molar-refractivity contribution in [2.75, 3.05) is 0 Å². The lowest BCUT2D eigenvalue weighted by molar-refractivity contribution is -0.155. The lowest BCUT2D eigenvalue weighted by atomic mass is 9.80. The number of hydrogen-bond donors (Lipinski definition) is 5. The van der Waals surface area contributed by atoms with E-state index in [0.29, 0.717) is 27.9 Å². The predicted octanol–water partition coefficient (Wildman–Crippen LogP) is 2.81. The third-order valence-electron chi connectivity index (χ3n) is 4.59. The summed E-state index contributed by atoms with van der Waals surface area (Å²) in [5, 5.41) is 35.2. The second kappa shape index (κ2) is 11.5. The molecule has 0 radical (unpaired) electrons. The van der Waals surface area contributed by atoms with Crippen LogP contribution >= 0.6 is 0 Å². The molecule has 0 spiro atoms. The van der Waals surface area contributed by atoms with E-state index in [1.807, 2.05) is 13.8 Å². The van der Waals surface area contributed by atoms with Crippen LogP contribution in [0.2, 0.25) is 0 Å². The molecule has 0 aliphatic rings. The Morgan fingerprint density at radius 2 is 1.53 bits per heavy atom. The lowest BCUT2D eigenvalue weighted by Crippen LogP contribution is -2.30. The van der Waals surface area contributed by atoms with Crippen molar-refractivity contribution in [2.45, 2.75) is 32.3 Å². The van der Waals surface area contributed by atoms with Crippen LogP contribution in [0.15, 0.2) is 48.8 Å². The molecule has 0 saturated carbocycles. The highest BCUT2D eigenvalue weighted by Gasteiger charge is 2.38. The quantitative estimate of drug-likeness (QED) is 0.290. The first-order valence-corrected chi connectivity index (χ1v) is 10.1. The van der Waals surface area contributed by atoms with E-state index in [2.05, 4.69) is 9.97 Å². The minimum Gasteiger partial charge on any atom is -0.490 e. The maximum atomic E-state index is 11.8. The minimum absolute atomic E-state index is 0.108. The second-order valence-corrected chi connectivity index (χ2v) is 7.45. The Balaban J connectivity index is 0.000000509. The third-order valence-corrected chi connectivity index (χ3v) is 4.59. The zero-order valence-electron chi connectivity index (χ0n) is 18.3. The summed E-state index contributed by atoms with van der Waals surface area (Å²) < 4.78 is 5.86. The number of hydrogen-bond acceptors (Lipinski definition) is 6. The fraction of sp³-hybridized carbons (Fsp3) is 0.261. The van der Waals surface area contributed by atoms with Crippen LogP contribution in [0.4, 0.5) is 0 Å². The standard InChI is InChI=1S/C20H20N2O5.C3H4O4/c1-11(2)27-14-8-9-21-18-16(14)13(10-22-18)15(12-6-4-3-5-7-12)17(19(23)24)20(25)26;4-2(5)1-3(6)7/h3-11,15,17H,1-2H3,(H,21,22)(H,23,24)(H,25,26);1H2,(H,4,5)(H,6,7). The molecule has 3 rings (SSSR count). The second-order valence-electron chi connectivity index (χ2n) is 7.45. The number of pyridine rings is 1. The van der Waals surface area contributed by atoms with Crippen LogP contribution in [-0.2, 0) is 19.2 Å². The van der Waals surface area contributed by atoms with Gasteiger partial charge in [-0.1, -0.05) is 30.3 Å². The Bertz CT molecular complexity index is 1150. The number of carboxylic acid groups (broad SMARTS) is 4. The van der Waals surface area contributed by atoms with Crippen molar-refractivity contribution < 1.29 is 44.3 Å². The van der Waals surface area contributed by atoms with Crippen molar-refractivity contribution in [1.82, 2.24) is 9.97 Å². The van der Waals surface area contributed by atoms with Crippen LogP contribution in [-0.4, -0.2) is 60.4 Å². The summed E-state index contributed by atoms with van der Waals surface area (Å²) in [4.78, 5) is 49.8. The number of aromatic nitrogens is 2. The van der Waals surface area contributed by atoms with E-state index in [1.54, 1.807) is 48.8 Å². The zero-order chi connectivity index (χ0) is 25.4. The van der Waals surface area contributed by atoms with Gasteiger partial charge >= 0.3 is 23.9 Å². The first-order valence-electron chi connectivity index (χ1n) is 10.1. The van der Waals surface area contributed by atoms with Crippen LogP contribution in [0.3, 0.4) is 0 Å². The molecule has 5 N–H and O–H groups in total. The molecule has 2 heterocycles. The van der Waals surface area contributed by atoms with E-state index in [0.717, 1.165) is 0 Å². The molecule has 0 aliphatic heterocycles. The molecule has 0 fully saturated rings. The number of nitrogens with zero attached hydrogens (tertiary/aromatic N) is 1. The molecule has 11 heteroatoms. The Morgan fingerprint density at radius 3 is 2.00 bits per heavy atom. The number of fused-ring (bicyclic) bond motifs is 1. The number of ether oxygens (including phenoxy) is 1. The van der Waals surface area contributed by atoms with E-state index < -0.39 is 42.1 Å². The van der Waals surface area contributed by atoms with Gasteiger partial charge < -0.3 is 30.1 Å². The van der Waals surface area contributed by atoms with Crippen molar-refractivity contribution in [3.05, 3.63) is 59.9 Å². The van der Waals surface area contributed by atoms with Gasteiger partial charge in [-0.25, -0.2) is 4.98 Å². The van der Waals surface area contributed by atoms with Crippen molar-refractivity contribution in [1.29, 1.82) is 0 Å². The number of nitrogens with one attached hydrogen (secondary N) is 1. The number of rotatable bonds is 9. The predicted molar refractivity (Wildman–Crippen MR) is 119 cm³/mol. The Labute approximate surface area is 193 Å². The van der Waals surface area contributed by atoms with Crippen molar-refractivity contribution in [3.63, 3.8) is 0 Å². The highest BCUT2D eigenvalue weighted by molar-refractivity contribution is 5.97. The maximum Gasteiger partial charge on any atom is 0.318 e. The largest absolute Gasteiger partial charge is 0.490 e. The first-order chi connectivity index (χ1) is 16.0. The van der Waals surface area contributed by atoms with Crippen molar-refractivity contribution in [3.8, 4) is 5.75 Å². The summed E-state index contributed by atoms with van der Waals surface area (Å²) in [5.74, 6) is -7.46. The third kappa shape index (κ3) is 6.55. The van der Waals surface area contributed by atoms with Crippen LogP contribution in [0.25, 0.3) is 11.0 Å². The maximum absolute atomic E-state index is 11.8. The molecule has 34 heavy (non-hydrogen) atoms. The molecular weight excluding hydrogens is 448 g/mol. The summed E-state index contributed by atoms with van der Waals surface area (Å²) in [5.41, 5.74) is 1.63. The number of benzene rings is 1. The molecular formula is C23H24N2O9. The molecule has 0 aliphatic carbocycles. The first kappa shape index (κ1) is 25.8. The van der Waals surface area contributed by atoms with Gasteiger partial charge in [-0.15, -0.1) is 0 Å². The topological polar surface area (TPSA) is 187 Å². The van der Waals surface area contributed by atoms with Gasteiger partial charge in [0.1, 0.15) is 17.8 Å². The van der Waals surface area contributed by atoms with Crippen LogP contribution < -0.4 is 4.74 Å². The molecule has 2 aromatic heterocycles. The average molecular weight is 472 g/mol. The number of carbonyl (C=O) groups is 4. The summed E-state index contributed by atoms with van der Waals surface area (Å²) in [6.07, 6.45) is 2.29. The highest BCUT2D eigenvalue weighted by atomic mass is 16.5. The summed E-state index contributed by atoms with van der Waals surface area (Å²) in [6, 6.07) is 10.4. The summed E-state index contributed by atoms with van der Waals surface area (Å²) in [7, 11) is 0. The number of carboxylic acids is 4. The van der Waals surface area contributed by atoms with Crippen LogP contribution in [0.1, 0.15) is 37.3 Å². The Morgan fingerprint density at radius 1 is 0.941 bits per heavy atom. The molecule has 1 unspecified atom stereocenters. The average Bonchev–Trinajstić information content (AvgIpc) is 3.16. The summed E-state index contributed by atoms with van der Waals surface area (Å²) >= 11 is 0. The zero-order valence-corrected chi connectivity index (χ0v) is 18.3. The Kier molecular flexibility index (Phi) is 8.71. The van der Waals surface area contributed by atoms with E-state index >= 15 is 0 Å². The van der Waals surface area contributed by atoms with Crippen LogP contribution in [0.5, 0.6) is 5.75 Å². The van der Waals surface area contributed by atoms with Gasteiger partial charge in [0.05, 0.1) is 11.5 Å². The fourth-order valence-corrected chi connectivity index (χ4v) is 3.38. The van der Waals surface area contributed by atoms with Gasteiger partial charge in [0.15, 0.2) is 5.92 Å². The van der Waals surface area contributed by atoms with Gasteiger partial charge in [-0.2, -0.15) is 0 Å². The smallest absolute Gasteiger partial charge is 0.318 e. The molecule has 180 valence electrons. The SMILES string of the molecule is CC(C)Oc1ccnc2[nH]cc(C(c3ccccc3)C(C(=O)O)C(=O)O)c12.O=C(O)CC(=O)O. The van der Waals surface area contributed by atoms with Gasteiger partial charge in [0.2, 0.25) is 0 Å². The molecule has 1 atom stereocenters. The fourth-order valence-electron chi connectivity index (χ4n) is 3.38. The van der Waals surface area contributed by atoms with E-state index in [1.165, 1.54) is 0 Å². The van der Waals surface area contributed by atoms with E-state index in [9.17, 15) is 29.4 Å². The molecule has 1 aromatic carbocycles. The van der Waals surface area contributed by atoms with Gasteiger partial charge in [0.25, 0.3) is 0 Å². The van der Waals surface area contributed by atoms with Gasteiger partial charge in [-0.05, 0) is 31.0 Å². The Hall–Kier alpha value is -4.41. The van der Waals surface area contributed by atoms with E-state index in [-0.39, 0.29) is 6.10 Å². The monoisotopic (exact) mass is 472 g/mol. The number of aliphatic carboxylic acids is 4. The molecule has 0 saturated heterocycles. The van der Waals surface area contributed by atoms with E-state index in [4.69, 9.17) is 14.9 Å². The molecule has 3 aromatic rings. The summed E-state index contributed by atoms with van der Waals surface area (Å²) in [6.45, 7) is 3.76. The van der Waals surface area contributed by atoms with Gasteiger partial charge in [-0.3, -0.25) is 19.2 Å². The lowest BCUT2D eigenvalue weighted by Gasteiger charge is -2.22. The normalized spacial score (nSPS) is 11.5.